The molecule has 0 radical (unpaired) electrons. The van der Waals surface area contributed by atoms with Crippen molar-refractivity contribution < 1.29 is 18.8 Å². The molecule has 3 heterocycles. The molecule has 0 aromatic carbocycles. The summed E-state index contributed by atoms with van der Waals surface area (Å²) in [6, 6.07) is 0. The first-order valence-electron chi connectivity index (χ1n) is 8.42. The van der Waals surface area contributed by atoms with Crippen LogP contribution in [0.1, 0.15) is 42.7 Å². The van der Waals surface area contributed by atoms with Crippen LogP contribution in [-0.2, 0) is 20.7 Å². The highest BCUT2D eigenvalue weighted by atomic mass is 16.5. The van der Waals surface area contributed by atoms with Crippen molar-refractivity contribution in [3.05, 3.63) is 17.0 Å². The van der Waals surface area contributed by atoms with Gasteiger partial charge in [-0.15, -0.1) is 0 Å². The van der Waals surface area contributed by atoms with Gasteiger partial charge in [0, 0.05) is 32.4 Å². The topological polar surface area (TPSA) is 64.8 Å². The van der Waals surface area contributed by atoms with Gasteiger partial charge in [-0.2, -0.15) is 0 Å². The summed E-state index contributed by atoms with van der Waals surface area (Å²) in [4.78, 5) is 14.5. The number of amides is 1. The van der Waals surface area contributed by atoms with Crippen molar-refractivity contribution >= 4 is 5.91 Å². The zero-order valence-electron chi connectivity index (χ0n) is 14.3. The van der Waals surface area contributed by atoms with E-state index in [4.69, 9.17) is 14.0 Å². The van der Waals surface area contributed by atoms with Gasteiger partial charge in [0.15, 0.2) is 0 Å². The Morgan fingerprint density at radius 1 is 1.39 bits per heavy atom. The Balaban J connectivity index is 1.61. The maximum atomic E-state index is 12.6. The zero-order chi connectivity index (χ0) is 16.4. The predicted molar refractivity (Wildman–Crippen MR) is 84.2 cm³/mol. The molecule has 2 aliphatic rings. The van der Waals surface area contributed by atoms with Crippen LogP contribution in [0, 0.1) is 13.8 Å². The quantitative estimate of drug-likeness (QED) is 0.852. The van der Waals surface area contributed by atoms with E-state index in [1.54, 1.807) is 7.11 Å². The van der Waals surface area contributed by atoms with Crippen LogP contribution >= 0.6 is 0 Å². The Morgan fingerprint density at radius 3 is 2.74 bits per heavy atom. The van der Waals surface area contributed by atoms with Crippen LogP contribution in [0.15, 0.2) is 4.52 Å². The second-order valence-electron chi connectivity index (χ2n) is 6.64. The standard InChI is InChI=1S/C17H26N2O4/c1-12-14(13(2)23-18-12)11-16(20)19-8-6-17(7-9-19)15(21-3)5-4-10-22-17/h15H,4-11H2,1-3H3. The first kappa shape index (κ1) is 16.5. The maximum absolute atomic E-state index is 12.6. The Labute approximate surface area is 137 Å². The van der Waals surface area contributed by atoms with Crippen molar-refractivity contribution in [1.82, 2.24) is 10.1 Å². The van der Waals surface area contributed by atoms with Crippen LogP contribution in [0.2, 0.25) is 0 Å². The Bertz CT molecular complexity index is 541. The molecule has 0 N–H and O–H groups in total. The summed E-state index contributed by atoms with van der Waals surface area (Å²) in [5, 5.41) is 3.92. The fraction of sp³-hybridized carbons (Fsp3) is 0.765. The first-order valence-corrected chi connectivity index (χ1v) is 8.42. The minimum Gasteiger partial charge on any atom is -0.378 e. The normalized spacial score (nSPS) is 24.1. The van der Waals surface area contributed by atoms with Crippen molar-refractivity contribution in [2.24, 2.45) is 0 Å². The monoisotopic (exact) mass is 322 g/mol. The molecule has 1 aromatic rings. The average molecular weight is 322 g/mol. The highest BCUT2D eigenvalue weighted by Gasteiger charge is 2.45. The van der Waals surface area contributed by atoms with Gasteiger partial charge in [-0.05, 0) is 39.5 Å². The molecule has 3 rings (SSSR count). The second-order valence-corrected chi connectivity index (χ2v) is 6.64. The van der Waals surface area contributed by atoms with Gasteiger partial charge >= 0.3 is 0 Å². The summed E-state index contributed by atoms with van der Waals surface area (Å²) in [5.74, 6) is 0.874. The van der Waals surface area contributed by atoms with E-state index in [1.807, 2.05) is 18.7 Å². The summed E-state index contributed by atoms with van der Waals surface area (Å²) in [7, 11) is 1.76. The predicted octanol–water partition coefficient (Wildman–Crippen LogP) is 2.02. The van der Waals surface area contributed by atoms with Crippen molar-refractivity contribution in [3.63, 3.8) is 0 Å². The van der Waals surface area contributed by atoms with Crippen molar-refractivity contribution in [3.8, 4) is 0 Å². The fourth-order valence-electron chi connectivity index (χ4n) is 3.85. The van der Waals surface area contributed by atoms with E-state index >= 15 is 0 Å². The molecule has 2 aliphatic heterocycles. The number of piperidine rings is 1. The smallest absolute Gasteiger partial charge is 0.227 e. The second kappa shape index (κ2) is 6.61. The third-order valence-electron chi connectivity index (χ3n) is 5.34. The van der Waals surface area contributed by atoms with Gasteiger partial charge in [-0.1, -0.05) is 5.16 Å². The number of carbonyl (C=O) groups excluding carboxylic acids is 1. The maximum Gasteiger partial charge on any atom is 0.227 e. The lowest BCUT2D eigenvalue weighted by molar-refractivity contribution is -0.188. The fourth-order valence-corrected chi connectivity index (χ4v) is 3.85. The van der Waals surface area contributed by atoms with Gasteiger partial charge in [0.25, 0.3) is 0 Å². The molecule has 2 fully saturated rings. The van der Waals surface area contributed by atoms with E-state index in [2.05, 4.69) is 5.16 Å². The minimum absolute atomic E-state index is 0.138. The van der Waals surface area contributed by atoms with Gasteiger partial charge in [0.2, 0.25) is 5.91 Å². The minimum atomic E-state index is -0.202. The number of methoxy groups -OCH3 is 1. The van der Waals surface area contributed by atoms with Crippen LogP contribution in [0.3, 0.4) is 0 Å². The highest BCUT2D eigenvalue weighted by Crippen LogP contribution is 2.36. The van der Waals surface area contributed by atoms with E-state index in [1.165, 1.54) is 0 Å². The molecule has 128 valence electrons. The van der Waals surface area contributed by atoms with Gasteiger partial charge in [0.05, 0.1) is 23.8 Å². The van der Waals surface area contributed by atoms with Crippen molar-refractivity contribution in [1.29, 1.82) is 0 Å². The van der Waals surface area contributed by atoms with Crippen LogP contribution in [-0.4, -0.2) is 54.5 Å². The number of hydrogen-bond donors (Lipinski definition) is 0. The molecule has 0 bridgehead atoms. The third-order valence-corrected chi connectivity index (χ3v) is 5.34. The van der Waals surface area contributed by atoms with Crippen LogP contribution < -0.4 is 0 Å². The molecular formula is C17H26N2O4. The number of aryl methyl sites for hydroxylation is 2. The van der Waals surface area contributed by atoms with Crippen molar-refractivity contribution in [2.45, 2.75) is 57.7 Å². The Morgan fingerprint density at radius 2 is 2.13 bits per heavy atom. The average Bonchev–Trinajstić information content (AvgIpc) is 2.88. The van der Waals surface area contributed by atoms with Crippen molar-refractivity contribution in [2.75, 3.05) is 26.8 Å². The van der Waals surface area contributed by atoms with Crippen LogP contribution in [0.25, 0.3) is 0 Å². The third kappa shape index (κ3) is 3.15. The number of likely N-dealkylation sites (tertiary alicyclic amines) is 1. The number of ether oxygens (including phenoxy) is 2. The number of carbonyl (C=O) groups is 1. The molecule has 1 spiro atoms. The Kier molecular flexibility index (Phi) is 4.73. The zero-order valence-corrected chi connectivity index (χ0v) is 14.3. The lowest BCUT2D eigenvalue weighted by atomic mass is 9.81. The molecular weight excluding hydrogens is 296 g/mol. The van der Waals surface area contributed by atoms with Gasteiger partial charge in [-0.3, -0.25) is 4.79 Å². The summed E-state index contributed by atoms with van der Waals surface area (Å²) >= 11 is 0. The molecule has 1 amide bonds. The summed E-state index contributed by atoms with van der Waals surface area (Å²) in [5.41, 5.74) is 1.52. The molecule has 1 unspecified atom stereocenters. The molecule has 0 saturated carbocycles. The molecule has 0 aliphatic carbocycles. The molecule has 1 atom stereocenters. The van der Waals surface area contributed by atoms with E-state index in [9.17, 15) is 4.79 Å². The lowest BCUT2D eigenvalue weighted by Gasteiger charge is -2.48. The summed E-state index contributed by atoms with van der Waals surface area (Å²) in [6.45, 7) is 5.98. The number of hydrogen-bond acceptors (Lipinski definition) is 5. The highest BCUT2D eigenvalue weighted by molar-refractivity contribution is 5.79. The van der Waals surface area contributed by atoms with E-state index in [0.717, 1.165) is 62.4 Å². The van der Waals surface area contributed by atoms with E-state index < -0.39 is 0 Å². The van der Waals surface area contributed by atoms with E-state index in [0.29, 0.717) is 6.42 Å². The Hall–Kier alpha value is -1.40. The van der Waals surface area contributed by atoms with Crippen LogP contribution in [0.5, 0.6) is 0 Å². The summed E-state index contributed by atoms with van der Waals surface area (Å²) < 4.78 is 16.9. The lowest BCUT2D eigenvalue weighted by Crippen LogP contribution is -2.56. The number of nitrogens with zero attached hydrogens (tertiary/aromatic N) is 2. The van der Waals surface area contributed by atoms with Gasteiger partial charge in [-0.25, -0.2) is 0 Å². The molecule has 23 heavy (non-hydrogen) atoms. The first-order chi connectivity index (χ1) is 11.1. The molecule has 6 nitrogen and oxygen atoms in total. The van der Waals surface area contributed by atoms with Crippen LogP contribution in [0.4, 0.5) is 0 Å². The number of rotatable bonds is 3. The molecule has 6 heteroatoms. The largest absolute Gasteiger partial charge is 0.378 e. The molecule has 1 aromatic heterocycles. The number of aromatic nitrogens is 1. The van der Waals surface area contributed by atoms with Gasteiger partial charge < -0.3 is 18.9 Å². The van der Waals surface area contributed by atoms with Gasteiger partial charge in [0.1, 0.15) is 5.76 Å². The molecule has 2 saturated heterocycles. The van der Waals surface area contributed by atoms with E-state index in [-0.39, 0.29) is 17.6 Å². The summed E-state index contributed by atoms with van der Waals surface area (Å²) in [6.07, 6.45) is 4.30. The SMILES string of the molecule is COC1CCCOC12CCN(C(=O)Cc1c(C)noc1C)CC2.